The Kier molecular flexibility index (Phi) is 12.5. The first-order chi connectivity index (χ1) is 12.2. The van der Waals surface area contributed by atoms with Crippen LogP contribution in [0, 0.1) is 0 Å². The highest BCUT2D eigenvalue weighted by Gasteiger charge is 2.14. The van der Waals surface area contributed by atoms with E-state index in [0.717, 1.165) is 25.5 Å². The lowest BCUT2D eigenvalue weighted by Gasteiger charge is -2.34. The lowest BCUT2D eigenvalue weighted by Crippen LogP contribution is -2.46. The molecule has 26 heavy (non-hydrogen) atoms. The highest BCUT2D eigenvalue weighted by molar-refractivity contribution is 14.0. The van der Waals surface area contributed by atoms with Crippen LogP contribution in [-0.4, -0.2) is 68.6 Å². The van der Waals surface area contributed by atoms with Gasteiger partial charge in [-0.25, -0.2) is 0 Å². The van der Waals surface area contributed by atoms with E-state index in [1.165, 1.54) is 61.9 Å². The van der Waals surface area contributed by atoms with Crippen molar-refractivity contribution >= 4 is 41.3 Å². The minimum atomic E-state index is 0. The molecule has 0 saturated carbocycles. The number of aryl methyl sites for hydroxylation is 1. The van der Waals surface area contributed by atoms with E-state index in [4.69, 9.17) is 0 Å². The summed E-state index contributed by atoms with van der Waals surface area (Å²) in [6.07, 6.45) is 3.56. The Balaban J connectivity index is 0.00000338. The van der Waals surface area contributed by atoms with Crippen LogP contribution in [0.2, 0.25) is 0 Å². The molecule has 1 fully saturated rings. The van der Waals surface area contributed by atoms with Crippen LogP contribution >= 0.6 is 35.3 Å². The predicted octanol–water partition coefficient (Wildman–Crippen LogP) is 3.01. The van der Waals surface area contributed by atoms with Crippen LogP contribution < -0.4 is 10.6 Å². The molecule has 1 aromatic heterocycles. The van der Waals surface area contributed by atoms with Gasteiger partial charge in [0.2, 0.25) is 0 Å². The molecule has 0 radical (unpaired) electrons. The maximum absolute atomic E-state index is 4.32. The van der Waals surface area contributed by atoms with E-state index in [2.05, 4.69) is 51.4 Å². The molecule has 2 N–H and O–H groups in total. The van der Waals surface area contributed by atoms with Gasteiger partial charge in [0.1, 0.15) is 0 Å². The van der Waals surface area contributed by atoms with Crippen LogP contribution in [0.1, 0.15) is 36.4 Å². The van der Waals surface area contributed by atoms with Gasteiger partial charge >= 0.3 is 0 Å². The van der Waals surface area contributed by atoms with Crippen molar-refractivity contribution in [2.24, 2.45) is 4.99 Å². The number of halogens is 1. The number of nitrogens with one attached hydrogen (secondary N) is 2. The minimum absolute atomic E-state index is 0. The Morgan fingerprint density at radius 2 is 1.73 bits per heavy atom. The standard InChI is InChI=1S/C19H35N5S.HI/c1-4-17-8-9-18(25-17)16-22-19(20-3)21-10-6-7-11-24-14-12-23(5-2)13-15-24;/h8-9H,4-7,10-16H2,1-3H3,(H2,20,21,22);1H. The molecule has 0 bridgehead atoms. The van der Waals surface area contributed by atoms with Crippen LogP contribution in [0.4, 0.5) is 0 Å². The minimum Gasteiger partial charge on any atom is -0.356 e. The second kappa shape index (κ2) is 13.7. The van der Waals surface area contributed by atoms with Gasteiger partial charge in [-0.05, 0) is 44.5 Å². The van der Waals surface area contributed by atoms with Gasteiger partial charge in [0.05, 0.1) is 6.54 Å². The van der Waals surface area contributed by atoms with Gasteiger partial charge < -0.3 is 20.4 Å². The first kappa shape index (κ1) is 23.7. The predicted molar refractivity (Wildman–Crippen MR) is 125 cm³/mol. The molecule has 5 nitrogen and oxygen atoms in total. The Bertz CT molecular complexity index is 512. The maximum Gasteiger partial charge on any atom is 0.191 e. The lowest BCUT2D eigenvalue weighted by molar-refractivity contribution is 0.136. The number of hydrogen-bond acceptors (Lipinski definition) is 4. The Morgan fingerprint density at radius 3 is 2.35 bits per heavy atom. The number of piperazine rings is 1. The van der Waals surface area contributed by atoms with Crippen molar-refractivity contribution in [3.8, 4) is 0 Å². The van der Waals surface area contributed by atoms with Crippen molar-refractivity contribution in [2.45, 2.75) is 39.7 Å². The maximum atomic E-state index is 4.32. The fourth-order valence-corrected chi connectivity index (χ4v) is 3.99. The molecular formula is C19H36IN5S. The fraction of sp³-hybridized carbons (Fsp3) is 0.737. The van der Waals surface area contributed by atoms with Crippen LogP contribution in [0.15, 0.2) is 17.1 Å². The number of unbranched alkanes of at least 4 members (excludes halogenated alkanes) is 1. The third-order valence-electron chi connectivity index (χ3n) is 4.83. The number of aliphatic imine (C=N–C) groups is 1. The van der Waals surface area contributed by atoms with Gasteiger partial charge in [0, 0.05) is 49.5 Å². The third-order valence-corrected chi connectivity index (χ3v) is 6.05. The van der Waals surface area contributed by atoms with Gasteiger partial charge in [0.25, 0.3) is 0 Å². The summed E-state index contributed by atoms with van der Waals surface area (Å²) >= 11 is 1.88. The fourth-order valence-electron chi connectivity index (χ4n) is 3.10. The second-order valence-corrected chi connectivity index (χ2v) is 7.81. The number of nitrogens with zero attached hydrogens (tertiary/aromatic N) is 3. The average molecular weight is 494 g/mol. The van der Waals surface area contributed by atoms with Crippen molar-refractivity contribution in [3.63, 3.8) is 0 Å². The summed E-state index contributed by atoms with van der Waals surface area (Å²) in [6.45, 7) is 13.6. The molecular weight excluding hydrogens is 457 g/mol. The number of thiophene rings is 1. The number of hydrogen-bond donors (Lipinski definition) is 2. The Morgan fingerprint density at radius 1 is 1.04 bits per heavy atom. The lowest BCUT2D eigenvalue weighted by atomic mass is 10.2. The van der Waals surface area contributed by atoms with Gasteiger partial charge in [-0.1, -0.05) is 13.8 Å². The molecule has 0 aromatic carbocycles. The molecule has 0 spiro atoms. The molecule has 0 aliphatic carbocycles. The third kappa shape index (κ3) is 8.54. The second-order valence-electron chi connectivity index (χ2n) is 6.56. The summed E-state index contributed by atoms with van der Waals surface area (Å²) in [4.78, 5) is 12.3. The first-order valence-corrected chi connectivity index (χ1v) is 10.5. The molecule has 2 rings (SSSR count). The zero-order chi connectivity index (χ0) is 17.9. The van der Waals surface area contributed by atoms with E-state index in [0.29, 0.717) is 0 Å². The van der Waals surface area contributed by atoms with Gasteiger partial charge in [-0.2, -0.15) is 0 Å². The van der Waals surface area contributed by atoms with E-state index in [1.54, 1.807) is 0 Å². The van der Waals surface area contributed by atoms with Crippen molar-refractivity contribution in [3.05, 3.63) is 21.9 Å². The van der Waals surface area contributed by atoms with Crippen LogP contribution in [0.5, 0.6) is 0 Å². The quantitative estimate of drug-likeness (QED) is 0.240. The van der Waals surface area contributed by atoms with Crippen molar-refractivity contribution in [2.75, 3.05) is 52.9 Å². The summed E-state index contributed by atoms with van der Waals surface area (Å²) in [5.41, 5.74) is 0. The van der Waals surface area contributed by atoms with E-state index < -0.39 is 0 Å². The zero-order valence-electron chi connectivity index (χ0n) is 16.6. The smallest absolute Gasteiger partial charge is 0.191 e. The van der Waals surface area contributed by atoms with E-state index >= 15 is 0 Å². The molecule has 1 aliphatic rings. The van der Waals surface area contributed by atoms with E-state index in [9.17, 15) is 0 Å². The molecule has 1 aromatic rings. The van der Waals surface area contributed by atoms with Crippen LogP contribution in [0.25, 0.3) is 0 Å². The van der Waals surface area contributed by atoms with Crippen LogP contribution in [-0.2, 0) is 13.0 Å². The van der Waals surface area contributed by atoms with Gasteiger partial charge in [-0.3, -0.25) is 4.99 Å². The molecule has 0 unspecified atom stereocenters. The normalized spacial score (nSPS) is 16.3. The first-order valence-electron chi connectivity index (χ1n) is 9.72. The van der Waals surface area contributed by atoms with E-state index in [1.807, 2.05) is 18.4 Å². The van der Waals surface area contributed by atoms with Crippen molar-refractivity contribution in [1.29, 1.82) is 0 Å². The number of likely N-dealkylation sites (N-methyl/N-ethyl adjacent to an activating group) is 1. The molecule has 2 heterocycles. The zero-order valence-corrected chi connectivity index (χ0v) is 19.7. The summed E-state index contributed by atoms with van der Waals surface area (Å²) in [7, 11) is 1.84. The SMILES string of the molecule is CCc1ccc(CNC(=NC)NCCCCN2CCN(CC)CC2)s1.I. The topological polar surface area (TPSA) is 42.9 Å². The molecule has 1 saturated heterocycles. The summed E-state index contributed by atoms with van der Waals surface area (Å²) in [5.74, 6) is 0.906. The van der Waals surface area contributed by atoms with E-state index in [-0.39, 0.29) is 24.0 Å². The van der Waals surface area contributed by atoms with Crippen molar-refractivity contribution in [1.82, 2.24) is 20.4 Å². The number of guanidine groups is 1. The Hall–Kier alpha value is -0.380. The number of rotatable bonds is 9. The van der Waals surface area contributed by atoms with Crippen molar-refractivity contribution < 1.29 is 0 Å². The highest BCUT2D eigenvalue weighted by atomic mass is 127. The van der Waals surface area contributed by atoms with Gasteiger partial charge in [-0.15, -0.1) is 35.3 Å². The molecule has 150 valence electrons. The Labute approximate surface area is 180 Å². The summed E-state index contributed by atoms with van der Waals surface area (Å²) < 4.78 is 0. The van der Waals surface area contributed by atoms with Crippen LogP contribution in [0.3, 0.4) is 0 Å². The molecule has 0 amide bonds. The summed E-state index contributed by atoms with van der Waals surface area (Å²) in [6, 6.07) is 4.43. The summed E-state index contributed by atoms with van der Waals surface area (Å²) in [5, 5.41) is 6.84. The molecule has 0 atom stereocenters. The highest BCUT2D eigenvalue weighted by Crippen LogP contribution is 2.16. The largest absolute Gasteiger partial charge is 0.356 e. The van der Waals surface area contributed by atoms with Gasteiger partial charge in [0.15, 0.2) is 5.96 Å². The average Bonchev–Trinajstić information content (AvgIpc) is 3.12. The monoisotopic (exact) mass is 493 g/mol. The molecule has 1 aliphatic heterocycles. The molecule has 7 heteroatoms.